The summed E-state index contributed by atoms with van der Waals surface area (Å²) in [5, 5.41) is 10.9. The third kappa shape index (κ3) is 3.39. The van der Waals surface area contributed by atoms with Gasteiger partial charge in [-0.2, -0.15) is 0 Å². The first kappa shape index (κ1) is 14.8. The Bertz CT molecular complexity index is 655. The Morgan fingerprint density at radius 1 is 1.43 bits per heavy atom. The third-order valence-corrected chi connectivity index (χ3v) is 5.73. The van der Waals surface area contributed by atoms with Gasteiger partial charge in [-0.1, -0.05) is 29.8 Å². The van der Waals surface area contributed by atoms with Gasteiger partial charge in [0.05, 0.1) is 5.02 Å². The van der Waals surface area contributed by atoms with Gasteiger partial charge in [0.25, 0.3) is 0 Å². The maximum Gasteiger partial charge on any atom is 0.303 e. The van der Waals surface area contributed by atoms with E-state index in [9.17, 15) is 4.79 Å². The fourth-order valence-corrected chi connectivity index (χ4v) is 4.61. The number of likely N-dealkylation sites (tertiary alicyclic amines) is 1. The number of benzene rings is 1. The van der Waals surface area contributed by atoms with Crippen LogP contribution in [0.1, 0.15) is 24.1 Å². The number of thiophene rings is 1. The Balaban J connectivity index is 1.72. The first-order valence-electron chi connectivity index (χ1n) is 7.23. The summed E-state index contributed by atoms with van der Waals surface area (Å²) < 4.78 is 1.22. The molecule has 1 atom stereocenters. The monoisotopic (exact) mass is 323 g/mol. The Morgan fingerprint density at radius 3 is 3.00 bits per heavy atom. The number of nitrogens with zero attached hydrogens (tertiary/aromatic N) is 1. The molecule has 1 unspecified atom stereocenters. The van der Waals surface area contributed by atoms with Gasteiger partial charge >= 0.3 is 5.97 Å². The molecule has 2 heterocycles. The van der Waals surface area contributed by atoms with Crippen molar-refractivity contribution >= 4 is 39.0 Å². The van der Waals surface area contributed by atoms with Crippen LogP contribution in [0.2, 0.25) is 5.02 Å². The van der Waals surface area contributed by atoms with Crippen molar-refractivity contribution in [3.63, 3.8) is 0 Å². The second kappa shape index (κ2) is 6.34. The summed E-state index contributed by atoms with van der Waals surface area (Å²) in [5.74, 6) is -0.425. The highest BCUT2D eigenvalue weighted by Crippen LogP contribution is 2.36. The quantitative estimate of drug-likeness (QED) is 0.914. The second-order valence-corrected chi connectivity index (χ2v) is 7.19. The van der Waals surface area contributed by atoms with Crippen LogP contribution in [0.15, 0.2) is 24.3 Å². The van der Waals surface area contributed by atoms with Crippen LogP contribution in [0, 0.1) is 5.92 Å². The normalized spacial score (nSPS) is 20.0. The number of carbonyl (C=O) groups is 1. The number of carboxylic acid groups (broad SMARTS) is 1. The SMILES string of the molecule is O=C(O)CC1CCCN(Cc2sc3ccccc3c2Cl)C1. The maximum atomic E-state index is 10.9. The molecule has 0 aliphatic carbocycles. The van der Waals surface area contributed by atoms with E-state index in [4.69, 9.17) is 16.7 Å². The van der Waals surface area contributed by atoms with Crippen LogP contribution in [0.4, 0.5) is 0 Å². The van der Waals surface area contributed by atoms with Crippen LogP contribution >= 0.6 is 22.9 Å². The molecule has 0 bridgehead atoms. The highest BCUT2D eigenvalue weighted by Gasteiger charge is 2.23. The van der Waals surface area contributed by atoms with Crippen molar-refractivity contribution in [1.82, 2.24) is 4.90 Å². The Kier molecular flexibility index (Phi) is 4.48. The molecule has 0 radical (unpaired) electrons. The Hall–Kier alpha value is -1.10. The minimum absolute atomic E-state index is 0.268. The predicted molar refractivity (Wildman–Crippen MR) is 87.1 cm³/mol. The summed E-state index contributed by atoms with van der Waals surface area (Å²) in [6, 6.07) is 8.19. The van der Waals surface area contributed by atoms with Crippen LogP contribution in [0.5, 0.6) is 0 Å². The molecule has 1 aliphatic heterocycles. The number of hydrogen-bond acceptors (Lipinski definition) is 3. The molecular formula is C16H18ClNO2S. The first-order valence-corrected chi connectivity index (χ1v) is 8.43. The zero-order valence-electron chi connectivity index (χ0n) is 11.7. The van der Waals surface area contributed by atoms with Crippen molar-refractivity contribution in [2.45, 2.75) is 25.8 Å². The average Bonchev–Trinajstić information content (AvgIpc) is 2.76. The molecule has 3 nitrogen and oxygen atoms in total. The lowest BCUT2D eigenvalue weighted by Crippen LogP contribution is -2.35. The summed E-state index contributed by atoms with van der Waals surface area (Å²) in [6.45, 7) is 2.71. The van der Waals surface area contributed by atoms with E-state index < -0.39 is 5.97 Å². The van der Waals surface area contributed by atoms with Gasteiger partial charge in [0.2, 0.25) is 0 Å². The van der Waals surface area contributed by atoms with E-state index in [1.54, 1.807) is 11.3 Å². The molecule has 0 saturated carbocycles. The lowest BCUT2D eigenvalue weighted by molar-refractivity contribution is -0.138. The van der Waals surface area contributed by atoms with Gasteiger partial charge in [0.15, 0.2) is 0 Å². The van der Waals surface area contributed by atoms with Crippen molar-refractivity contribution in [2.24, 2.45) is 5.92 Å². The molecule has 1 aromatic carbocycles. The van der Waals surface area contributed by atoms with Crippen LogP contribution in [-0.4, -0.2) is 29.1 Å². The fourth-order valence-electron chi connectivity index (χ4n) is 3.08. The van der Waals surface area contributed by atoms with Crippen LogP contribution in [0.25, 0.3) is 10.1 Å². The van der Waals surface area contributed by atoms with Gasteiger partial charge in [0.1, 0.15) is 0 Å². The third-order valence-electron chi connectivity index (χ3n) is 4.04. The summed E-state index contributed by atoms with van der Waals surface area (Å²) in [7, 11) is 0. The standard InChI is InChI=1S/C16H18ClNO2S/c17-16-12-5-1-2-6-13(12)21-14(16)10-18-7-3-4-11(9-18)8-15(19)20/h1-2,5-6,11H,3-4,7-10H2,(H,19,20). The van der Waals surface area contributed by atoms with E-state index in [2.05, 4.69) is 17.0 Å². The Morgan fingerprint density at radius 2 is 2.24 bits per heavy atom. The minimum atomic E-state index is -0.693. The lowest BCUT2D eigenvalue weighted by Gasteiger charge is -2.31. The highest BCUT2D eigenvalue weighted by atomic mass is 35.5. The van der Waals surface area contributed by atoms with Gasteiger partial charge in [-0.25, -0.2) is 0 Å². The van der Waals surface area contributed by atoms with Crippen molar-refractivity contribution in [3.8, 4) is 0 Å². The molecule has 1 aromatic heterocycles. The molecule has 2 aromatic rings. The molecule has 0 amide bonds. The number of fused-ring (bicyclic) bond motifs is 1. The predicted octanol–water partition coefficient (Wildman–Crippen LogP) is 4.24. The van der Waals surface area contributed by atoms with E-state index in [-0.39, 0.29) is 12.3 Å². The van der Waals surface area contributed by atoms with Crippen LogP contribution in [0.3, 0.4) is 0 Å². The molecular weight excluding hydrogens is 306 g/mol. The number of halogens is 1. The number of hydrogen-bond donors (Lipinski definition) is 1. The van der Waals surface area contributed by atoms with Crippen LogP contribution in [-0.2, 0) is 11.3 Å². The van der Waals surface area contributed by atoms with Gasteiger partial charge < -0.3 is 5.11 Å². The average molecular weight is 324 g/mol. The summed E-state index contributed by atoms with van der Waals surface area (Å²) in [4.78, 5) is 14.4. The van der Waals surface area contributed by atoms with Gasteiger partial charge in [-0.15, -0.1) is 11.3 Å². The number of aliphatic carboxylic acids is 1. The molecule has 5 heteroatoms. The van der Waals surface area contributed by atoms with E-state index in [1.807, 2.05) is 12.1 Å². The summed E-state index contributed by atoms with van der Waals surface area (Å²) in [5.41, 5.74) is 0. The topological polar surface area (TPSA) is 40.5 Å². The van der Waals surface area contributed by atoms with Crippen molar-refractivity contribution < 1.29 is 9.90 Å². The molecule has 1 N–H and O–H groups in total. The molecule has 1 aliphatic rings. The van der Waals surface area contributed by atoms with Gasteiger partial charge in [-0.3, -0.25) is 9.69 Å². The molecule has 1 fully saturated rings. The first-order chi connectivity index (χ1) is 10.1. The summed E-state index contributed by atoms with van der Waals surface area (Å²) >= 11 is 8.23. The van der Waals surface area contributed by atoms with Crippen molar-refractivity contribution in [3.05, 3.63) is 34.2 Å². The Labute approximate surface area is 133 Å². The van der Waals surface area contributed by atoms with Crippen molar-refractivity contribution in [2.75, 3.05) is 13.1 Å². The van der Waals surface area contributed by atoms with Gasteiger partial charge in [-0.05, 0) is 31.4 Å². The van der Waals surface area contributed by atoms with E-state index in [1.165, 1.54) is 9.58 Å². The second-order valence-electron chi connectivity index (χ2n) is 5.68. The summed E-state index contributed by atoms with van der Waals surface area (Å²) in [6.07, 6.45) is 2.36. The zero-order valence-corrected chi connectivity index (χ0v) is 13.3. The van der Waals surface area contributed by atoms with Crippen LogP contribution < -0.4 is 0 Å². The molecule has 1 saturated heterocycles. The molecule has 3 rings (SSSR count). The molecule has 0 spiro atoms. The lowest BCUT2D eigenvalue weighted by atomic mass is 9.95. The van der Waals surface area contributed by atoms with E-state index in [0.29, 0.717) is 0 Å². The zero-order chi connectivity index (χ0) is 14.8. The number of piperidine rings is 1. The fraction of sp³-hybridized carbons (Fsp3) is 0.438. The molecule has 112 valence electrons. The molecule has 21 heavy (non-hydrogen) atoms. The number of rotatable bonds is 4. The smallest absolute Gasteiger partial charge is 0.303 e. The maximum absolute atomic E-state index is 10.9. The largest absolute Gasteiger partial charge is 0.481 e. The van der Waals surface area contributed by atoms with E-state index in [0.717, 1.165) is 42.9 Å². The highest BCUT2D eigenvalue weighted by molar-refractivity contribution is 7.19. The number of carboxylic acids is 1. The van der Waals surface area contributed by atoms with Crippen molar-refractivity contribution in [1.29, 1.82) is 0 Å². The van der Waals surface area contributed by atoms with E-state index >= 15 is 0 Å². The van der Waals surface area contributed by atoms with Gasteiger partial charge in [0, 0.05) is 34.5 Å². The minimum Gasteiger partial charge on any atom is -0.481 e.